The van der Waals surface area contributed by atoms with Gasteiger partial charge in [-0.15, -0.1) is 0 Å². The Morgan fingerprint density at radius 3 is 2.31 bits per heavy atom. The molecule has 1 aliphatic carbocycles. The van der Waals surface area contributed by atoms with E-state index >= 15 is 0 Å². The zero-order valence-electron chi connectivity index (χ0n) is 24.1. The van der Waals surface area contributed by atoms with Gasteiger partial charge in [0.1, 0.15) is 21.2 Å². The number of aromatic carboxylic acids is 1. The minimum Gasteiger partial charge on any atom is -0.545 e. The Balaban J connectivity index is 1.66. The zero-order chi connectivity index (χ0) is 27.5. The van der Waals surface area contributed by atoms with E-state index in [1.165, 1.54) is 58.6 Å². The van der Waals surface area contributed by atoms with Crippen molar-refractivity contribution in [3.8, 4) is 0 Å². The topological polar surface area (TPSA) is 46.4 Å². The van der Waals surface area contributed by atoms with Gasteiger partial charge >= 0.3 is 0 Å². The largest absolute Gasteiger partial charge is 0.545 e. The van der Waals surface area contributed by atoms with Crippen LogP contribution in [0, 0.1) is 0 Å². The summed E-state index contributed by atoms with van der Waals surface area (Å²) in [5.74, 6) is -1.12. The standard InChI is InChI=1S/C34H40N2O2Si/c1-34(2,3)23-10-13-26(33(37)38)29(20-23)32-27-14-11-24(35-16-6-7-17-35)21-30(27)39(4,5)31-22-25(12-15-28(31)32)36-18-8-9-19-36/h10-15,20-22H,6-9,16-19H2,1-5H3. The molecular weight excluding hydrogens is 496 g/mol. The molecule has 39 heavy (non-hydrogen) atoms. The van der Waals surface area contributed by atoms with Crippen LogP contribution in [0.4, 0.5) is 5.69 Å². The molecule has 6 rings (SSSR count). The Kier molecular flexibility index (Phi) is 6.33. The number of carboxylic acid groups (broad SMARTS) is 1. The van der Waals surface area contributed by atoms with E-state index in [0.29, 0.717) is 0 Å². The molecule has 2 saturated heterocycles. The van der Waals surface area contributed by atoms with Crippen molar-refractivity contribution in [2.24, 2.45) is 0 Å². The first-order chi connectivity index (χ1) is 18.6. The molecule has 5 heteroatoms. The Morgan fingerprint density at radius 1 is 0.923 bits per heavy atom. The molecule has 0 saturated carbocycles. The Bertz CT molecular complexity index is 1490. The lowest BCUT2D eigenvalue weighted by Crippen LogP contribution is -2.50. The summed E-state index contributed by atoms with van der Waals surface area (Å²) in [6, 6.07) is 12.8. The number of benzene rings is 2. The van der Waals surface area contributed by atoms with Crippen molar-refractivity contribution in [2.75, 3.05) is 31.1 Å². The first-order valence-electron chi connectivity index (χ1n) is 14.6. The van der Waals surface area contributed by atoms with Crippen molar-refractivity contribution in [1.82, 2.24) is 0 Å². The lowest BCUT2D eigenvalue weighted by Gasteiger charge is -2.39. The number of hydrogen-bond donors (Lipinski definition) is 0. The predicted octanol–water partition coefficient (Wildman–Crippen LogP) is 4.96. The van der Waals surface area contributed by atoms with Crippen LogP contribution in [0.2, 0.25) is 13.1 Å². The average Bonchev–Trinajstić information content (AvgIpc) is 3.63. The first-order valence-corrected chi connectivity index (χ1v) is 17.6. The molecule has 0 N–H and O–H groups in total. The maximum atomic E-state index is 12.5. The van der Waals surface area contributed by atoms with Crippen LogP contribution in [0.1, 0.15) is 73.5 Å². The summed E-state index contributed by atoms with van der Waals surface area (Å²) >= 11 is 0. The van der Waals surface area contributed by atoms with Gasteiger partial charge in [-0.3, -0.25) is 0 Å². The third-order valence-electron chi connectivity index (χ3n) is 9.21. The molecule has 0 unspecified atom stereocenters. The highest BCUT2D eigenvalue weighted by Crippen LogP contribution is 2.43. The molecule has 2 fully saturated rings. The Labute approximate surface area is 234 Å². The quantitative estimate of drug-likeness (QED) is 0.412. The number of fused-ring (bicyclic) bond motifs is 2. The van der Waals surface area contributed by atoms with Crippen molar-refractivity contribution in [3.05, 3.63) is 87.6 Å². The molecule has 0 amide bonds. The van der Waals surface area contributed by atoms with Crippen LogP contribution in [0.15, 0.2) is 65.4 Å². The highest BCUT2D eigenvalue weighted by Gasteiger charge is 2.41. The van der Waals surface area contributed by atoms with Gasteiger partial charge in [0.15, 0.2) is 5.71 Å². The molecule has 4 aliphatic rings. The third kappa shape index (κ3) is 4.45. The second-order valence-corrected chi connectivity index (χ2v) is 17.5. The normalized spacial score (nSPS) is 20.3. The van der Waals surface area contributed by atoms with E-state index in [9.17, 15) is 9.90 Å². The first kappa shape index (κ1) is 26.1. The third-order valence-corrected chi connectivity index (χ3v) is 12.7. The van der Waals surface area contributed by atoms with Gasteiger partial charge in [0.05, 0.1) is 5.97 Å². The van der Waals surface area contributed by atoms with Crippen LogP contribution >= 0.6 is 0 Å². The van der Waals surface area contributed by atoms with Crippen LogP contribution in [0.5, 0.6) is 0 Å². The van der Waals surface area contributed by atoms with Crippen LogP contribution in [0.3, 0.4) is 0 Å². The van der Waals surface area contributed by atoms with Crippen molar-refractivity contribution in [1.29, 1.82) is 0 Å². The molecule has 3 aliphatic heterocycles. The lowest BCUT2D eigenvalue weighted by molar-refractivity contribution is -0.504. The molecule has 0 radical (unpaired) electrons. The summed E-state index contributed by atoms with van der Waals surface area (Å²) in [6.07, 6.45) is 11.9. The van der Waals surface area contributed by atoms with E-state index in [1.54, 1.807) is 6.07 Å². The summed E-state index contributed by atoms with van der Waals surface area (Å²) in [7, 11) is -2.10. The summed E-state index contributed by atoms with van der Waals surface area (Å²) in [5.41, 5.74) is 8.08. The Hall–Kier alpha value is -3.18. The van der Waals surface area contributed by atoms with Crippen LogP contribution in [-0.4, -0.2) is 50.5 Å². The summed E-state index contributed by atoms with van der Waals surface area (Å²) in [4.78, 5) is 15.0. The molecule has 0 atom stereocenters. The molecule has 0 bridgehead atoms. The maximum Gasteiger partial charge on any atom is 0.199 e. The molecule has 202 valence electrons. The fourth-order valence-electron chi connectivity index (χ4n) is 6.85. The molecule has 4 nitrogen and oxygen atoms in total. The molecule has 0 aromatic heterocycles. The average molecular weight is 537 g/mol. The van der Waals surface area contributed by atoms with Gasteiger partial charge in [0.25, 0.3) is 0 Å². The number of hydrogen-bond acceptors (Lipinski definition) is 3. The van der Waals surface area contributed by atoms with Gasteiger partial charge < -0.3 is 14.8 Å². The van der Waals surface area contributed by atoms with Crippen molar-refractivity contribution in [3.63, 3.8) is 0 Å². The van der Waals surface area contributed by atoms with E-state index in [0.717, 1.165) is 42.9 Å². The van der Waals surface area contributed by atoms with Crippen molar-refractivity contribution in [2.45, 2.75) is 65.0 Å². The molecular formula is C34H40N2O2Si. The highest BCUT2D eigenvalue weighted by molar-refractivity contribution is 6.98. The number of rotatable bonds is 3. The highest BCUT2D eigenvalue weighted by atomic mass is 28.3. The van der Waals surface area contributed by atoms with Crippen LogP contribution < -0.4 is 15.2 Å². The maximum absolute atomic E-state index is 12.5. The minimum absolute atomic E-state index is 0.104. The number of carbonyl (C=O) groups is 1. The number of carbonyl (C=O) groups excluding carboxylic acids is 1. The fourth-order valence-corrected chi connectivity index (χ4v) is 9.93. The van der Waals surface area contributed by atoms with Gasteiger partial charge in [-0.2, -0.15) is 0 Å². The smallest absolute Gasteiger partial charge is 0.199 e. The number of allylic oxidation sites excluding steroid dienone is 5. The summed E-state index contributed by atoms with van der Waals surface area (Å²) in [6.45, 7) is 15.9. The minimum atomic E-state index is -2.10. The molecule has 2 aromatic rings. The number of nitrogens with zero attached hydrogens (tertiary/aromatic N) is 2. The van der Waals surface area contributed by atoms with Gasteiger partial charge in [0.2, 0.25) is 0 Å². The second kappa shape index (κ2) is 9.48. The molecule has 3 heterocycles. The number of anilines is 1. The Morgan fingerprint density at radius 2 is 1.64 bits per heavy atom. The van der Waals surface area contributed by atoms with E-state index in [2.05, 4.69) is 85.8 Å². The summed E-state index contributed by atoms with van der Waals surface area (Å²) in [5, 5.41) is 15.3. The number of carboxylic acids is 1. The monoisotopic (exact) mass is 536 g/mol. The van der Waals surface area contributed by atoms with Gasteiger partial charge in [0, 0.05) is 49.3 Å². The lowest BCUT2D eigenvalue weighted by atomic mass is 9.81. The summed E-state index contributed by atoms with van der Waals surface area (Å²) < 4.78 is 2.51. The van der Waals surface area contributed by atoms with Crippen molar-refractivity contribution < 1.29 is 14.5 Å². The van der Waals surface area contributed by atoms with E-state index in [1.807, 2.05) is 6.07 Å². The van der Waals surface area contributed by atoms with Crippen LogP contribution in [0.25, 0.3) is 5.57 Å². The van der Waals surface area contributed by atoms with Crippen LogP contribution in [-0.2, 0) is 5.41 Å². The fraction of sp³-hybridized carbons (Fsp3) is 0.412. The van der Waals surface area contributed by atoms with Gasteiger partial charge in [-0.25, -0.2) is 4.58 Å². The van der Waals surface area contributed by atoms with Gasteiger partial charge in [-0.05, 0) is 80.8 Å². The van der Waals surface area contributed by atoms with Gasteiger partial charge in [-0.1, -0.05) is 52.1 Å². The molecule has 0 spiro atoms. The zero-order valence-corrected chi connectivity index (χ0v) is 25.1. The predicted molar refractivity (Wildman–Crippen MR) is 162 cm³/mol. The van der Waals surface area contributed by atoms with E-state index < -0.39 is 14.0 Å². The van der Waals surface area contributed by atoms with Crippen molar-refractivity contribution >= 4 is 36.2 Å². The SMILES string of the molecule is CC(C)(C)c1ccc(C(=O)[O-])c(C2=C3C=CC(=[N+]4CCCC4)C=C3[Si](C)(C)c3cc(N4CCCC4)ccc32)c1. The molecule has 2 aromatic carbocycles. The van der Waals surface area contributed by atoms with E-state index in [-0.39, 0.29) is 11.0 Å². The van der Waals surface area contributed by atoms with E-state index in [4.69, 9.17) is 0 Å². The second-order valence-electron chi connectivity index (χ2n) is 13.1.